The zero-order chi connectivity index (χ0) is 97.3. The van der Waals surface area contributed by atoms with Crippen LogP contribution in [-0.2, 0) is 43.3 Å². The Morgan fingerprint density at radius 2 is 0.562 bits per heavy atom. The van der Waals surface area contributed by atoms with Crippen LogP contribution < -0.4 is 26.2 Å². The second-order valence-corrected chi connectivity index (χ2v) is 44.4. The van der Waals surface area contributed by atoms with Crippen LogP contribution in [0.5, 0.6) is 0 Å². The summed E-state index contributed by atoms with van der Waals surface area (Å²) < 4.78 is 81.9. The molecule has 18 aromatic rings. The van der Waals surface area contributed by atoms with Gasteiger partial charge in [-0.05, 0) is 251 Å². The Morgan fingerprint density at radius 3 is 0.931 bits per heavy atom. The van der Waals surface area contributed by atoms with Gasteiger partial charge in [0.25, 0.3) is 6.71 Å². The van der Waals surface area contributed by atoms with Crippen molar-refractivity contribution in [1.29, 1.82) is 0 Å². The van der Waals surface area contributed by atoms with Gasteiger partial charge >= 0.3 is 0 Å². The molecular formula is C125H117BN4. The van der Waals surface area contributed by atoms with Crippen molar-refractivity contribution in [3.05, 3.63) is 389 Å². The molecule has 0 N–H and O–H groups in total. The second-order valence-electron chi connectivity index (χ2n) is 44.4. The van der Waals surface area contributed by atoms with E-state index in [2.05, 4.69) is 433 Å². The number of hydrogen-bond donors (Lipinski definition) is 0. The van der Waals surface area contributed by atoms with E-state index in [0.29, 0.717) is 5.69 Å². The topological polar surface area (TPSA) is 16.3 Å². The van der Waals surface area contributed by atoms with Crippen molar-refractivity contribution in [2.75, 3.05) is 9.80 Å². The van der Waals surface area contributed by atoms with E-state index in [1.807, 2.05) is 6.07 Å². The molecule has 0 saturated carbocycles. The molecule has 4 nitrogen and oxygen atoms in total. The van der Waals surface area contributed by atoms with Gasteiger partial charge < -0.3 is 18.9 Å². The van der Waals surface area contributed by atoms with Crippen molar-refractivity contribution in [3.8, 4) is 78.1 Å². The zero-order valence-electron chi connectivity index (χ0n) is 86.9. The predicted octanol–water partition coefficient (Wildman–Crippen LogP) is 32.1. The molecule has 22 rings (SSSR count). The van der Waals surface area contributed by atoms with E-state index in [0.717, 1.165) is 134 Å². The van der Waals surface area contributed by atoms with Crippen molar-refractivity contribution in [2.45, 2.75) is 189 Å². The molecule has 4 heterocycles. The normalized spacial score (nSPS) is 14.9. The lowest BCUT2D eigenvalue weighted by atomic mass is 9.33. The third-order valence-corrected chi connectivity index (χ3v) is 28.9. The Labute approximate surface area is 781 Å². The van der Waals surface area contributed by atoms with Gasteiger partial charge in [-0.25, -0.2) is 0 Å². The highest BCUT2D eigenvalue weighted by molar-refractivity contribution is 7.00. The van der Waals surface area contributed by atoms with Gasteiger partial charge in [0.15, 0.2) is 0 Å². The highest BCUT2D eigenvalue weighted by atomic mass is 15.2. The second kappa shape index (κ2) is 28.9. The van der Waals surface area contributed by atoms with Crippen LogP contribution in [0, 0.1) is 0 Å². The lowest BCUT2D eigenvalue weighted by Crippen LogP contribution is -2.61. The fourth-order valence-electron chi connectivity index (χ4n) is 21.8. The van der Waals surface area contributed by atoms with Crippen LogP contribution >= 0.6 is 0 Å². The van der Waals surface area contributed by atoms with Gasteiger partial charge in [-0.15, -0.1) is 0 Å². The van der Waals surface area contributed by atoms with Gasteiger partial charge in [-0.2, -0.15) is 0 Å². The molecule has 0 fully saturated rings. The largest absolute Gasteiger partial charge is 0.310 e. The van der Waals surface area contributed by atoms with E-state index >= 15 is 0 Å². The van der Waals surface area contributed by atoms with E-state index in [1.165, 1.54) is 72.3 Å². The first-order chi connectivity index (χ1) is 65.2. The first-order valence-corrected chi connectivity index (χ1v) is 46.5. The SMILES string of the molecule is [2H]c1c([2H])c([2H])c2c(c1[2H])c1c([2H])c([2H])c([2H])c([2H])c1n2-c1ccc2c(c1)N(c1c(-c3ccc(C(C)(C)C)cc3)cc(C(C)(C)C)cc1-c1ccc(C(C)(C)C)cc1)c1cc(C(C)(C)C)cc3c1B2c1ccc(-n2c4ccccc4c4cc5c(cc42)C2(c4ccccc4-c4ccccc42)c2ccccc2-5)cc1N3c1c(-c2ccc(C(C)(C)C)cc2)cc(C(C)(C)C)cc1-c1ccc(C(C)(C)C)cc1. The van der Waals surface area contributed by atoms with Crippen molar-refractivity contribution in [3.63, 3.8) is 0 Å². The summed E-state index contributed by atoms with van der Waals surface area (Å²) in [7, 11) is 0. The van der Waals surface area contributed by atoms with Crippen molar-refractivity contribution in [1.82, 2.24) is 9.13 Å². The van der Waals surface area contributed by atoms with E-state index in [1.54, 1.807) is 4.57 Å². The average molecular weight is 1690 g/mol. The highest BCUT2D eigenvalue weighted by Crippen LogP contribution is 2.65. The number of benzene rings is 16. The van der Waals surface area contributed by atoms with Crippen molar-refractivity contribution < 1.29 is 11.0 Å². The molecule has 0 unspecified atom stereocenters. The Hall–Kier alpha value is -13.2. The molecule has 1 spiro atoms. The Morgan fingerprint density at radius 1 is 0.238 bits per heavy atom. The molecule has 0 bridgehead atoms. The summed E-state index contributed by atoms with van der Waals surface area (Å²) >= 11 is 0. The Bertz CT molecular complexity index is 7970. The molecule has 640 valence electrons. The quantitative estimate of drug-likeness (QED) is 0.141. The van der Waals surface area contributed by atoms with Crippen LogP contribution in [0.1, 0.15) is 218 Å². The maximum absolute atomic E-state index is 10.1. The molecule has 0 amide bonds. The van der Waals surface area contributed by atoms with Gasteiger partial charge in [0, 0.05) is 77.9 Å². The Kier molecular flexibility index (Phi) is 16.4. The summed E-state index contributed by atoms with van der Waals surface area (Å²) in [5.74, 6) is 0. The number of rotatable bonds is 8. The summed E-state index contributed by atoms with van der Waals surface area (Å²) in [5.41, 5.74) is 36.0. The molecule has 130 heavy (non-hydrogen) atoms. The van der Waals surface area contributed by atoms with Crippen molar-refractivity contribution >= 4 is 101 Å². The average Bonchev–Trinajstić information content (AvgIpc) is 1.50. The molecule has 2 aliphatic carbocycles. The fraction of sp³-hybridized carbons (Fsp3) is 0.232. The van der Waals surface area contributed by atoms with Gasteiger partial charge in [0.1, 0.15) is 0 Å². The molecule has 0 atom stereocenters. The first-order valence-electron chi connectivity index (χ1n) is 50.5. The van der Waals surface area contributed by atoms with E-state index in [-0.39, 0.29) is 66.4 Å². The van der Waals surface area contributed by atoms with Gasteiger partial charge in [-0.3, -0.25) is 0 Å². The summed E-state index contributed by atoms with van der Waals surface area (Å²) in [5, 5.41) is 2.30. The maximum Gasteiger partial charge on any atom is 0.252 e. The van der Waals surface area contributed by atoms with Gasteiger partial charge in [-0.1, -0.05) is 382 Å². The number of hydrogen-bond acceptors (Lipinski definition) is 2. The molecule has 0 saturated heterocycles. The van der Waals surface area contributed by atoms with Crippen LogP contribution in [-0.4, -0.2) is 15.8 Å². The lowest BCUT2D eigenvalue weighted by molar-refractivity contribution is 0.589. The summed E-state index contributed by atoms with van der Waals surface area (Å²) in [6, 6.07) is 103. The van der Waals surface area contributed by atoms with Gasteiger partial charge in [0.2, 0.25) is 0 Å². The monoisotopic (exact) mass is 1690 g/mol. The maximum atomic E-state index is 10.1. The standard InChI is InChI=1S/C125H117BN4/c1-118(2,3)80-54-46-76(47-55-80)95-66-84(122(13,14)15)67-96(77-48-56-81(57-49-77)119(4,5)6)116(95)129-111-72-87(127-107-43-31-25-37-92(107)93-38-26-32-44-108(93)127)62-64-105(111)126-106-65-63-88(128-109-45-33-27-39-94(109)100-74-99-91-36-24-30-42-103(91)125(104(99)75-110(100)128)101-40-28-22-34-89(101)90-35-23-29-41-102(90)125)73-112(106)130(114-71-86(124(19,20)21)70-113(129)115(114)126)117-97(78-50-58-82(59-51-78)120(7,8)9)68-85(123(16,17)18)69-98(117)79-52-60-83(61-53-79)121(10,11)12/h22-75H,1-21H3/i25D,26D,31D,32D,37D,38D,43D,44D. The lowest BCUT2D eigenvalue weighted by Gasteiger charge is -2.47. The molecule has 2 aliphatic heterocycles. The molecule has 5 heteroatoms. The number of nitrogens with zero attached hydrogens (tertiary/aromatic N) is 4. The minimum atomic E-state index is -0.641. The number of para-hydroxylation sites is 3. The van der Waals surface area contributed by atoms with Gasteiger partial charge in [0.05, 0.1) is 49.8 Å². The van der Waals surface area contributed by atoms with Crippen LogP contribution in [0.2, 0.25) is 0 Å². The molecule has 2 aromatic heterocycles. The predicted molar refractivity (Wildman–Crippen MR) is 558 cm³/mol. The van der Waals surface area contributed by atoms with Crippen molar-refractivity contribution in [2.24, 2.45) is 0 Å². The summed E-state index contributed by atoms with van der Waals surface area (Å²) in [6.45, 7) is 47.7. The molecule has 16 aromatic carbocycles. The number of anilines is 6. The zero-order valence-corrected chi connectivity index (χ0v) is 78.9. The smallest absolute Gasteiger partial charge is 0.252 e. The molecular weight excluding hydrogens is 1570 g/mol. The summed E-state index contributed by atoms with van der Waals surface area (Å²) in [6.07, 6.45) is 0. The minimum Gasteiger partial charge on any atom is -0.310 e. The van der Waals surface area contributed by atoms with E-state index in [4.69, 9.17) is 0 Å². The Balaban J connectivity index is 0.935. The summed E-state index contributed by atoms with van der Waals surface area (Å²) in [4.78, 5) is 5.23. The minimum absolute atomic E-state index is 0.00948. The third kappa shape index (κ3) is 12.8. The van der Waals surface area contributed by atoms with Crippen LogP contribution in [0.3, 0.4) is 0 Å². The van der Waals surface area contributed by atoms with Crippen LogP contribution in [0.15, 0.2) is 327 Å². The van der Waals surface area contributed by atoms with E-state index in [9.17, 15) is 11.0 Å². The third-order valence-electron chi connectivity index (χ3n) is 28.9. The fourth-order valence-corrected chi connectivity index (χ4v) is 21.8. The van der Waals surface area contributed by atoms with Crippen LogP contribution in [0.25, 0.3) is 122 Å². The molecule has 4 aliphatic rings. The number of fused-ring (bicyclic) bond motifs is 20. The van der Waals surface area contributed by atoms with Crippen LogP contribution in [0.4, 0.5) is 34.1 Å². The first kappa shape index (κ1) is 73.7. The highest BCUT2D eigenvalue weighted by Gasteiger charge is 2.53. The number of aromatic nitrogens is 2. The van der Waals surface area contributed by atoms with E-state index < -0.39 is 53.8 Å². The molecule has 0 radical (unpaired) electrons.